The van der Waals surface area contributed by atoms with Crippen LogP contribution in [-0.2, 0) is 11.2 Å². The molecule has 1 amide bonds. The summed E-state index contributed by atoms with van der Waals surface area (Å²) >= 11 is 0. The number of nitrogens with one attached hydrogen (secondary N) is 1. The molecule has 4 rings (SSSR count). The predicted molar refractivity (Wildman–Crippen MR) is 130 cm³/mol. The topological polar surface area (TPSA) is 81.7 Å². The largest absolute Gasteiger partial charge is 0.505 e. The number of hydrogen-bond acceptors (Lipinski definition) is 5. The third-order valence-corrected chi connectivity index (χ3v) is 6.47. The number of aromatic amines is 1. The molecule has 0 unspecified atom stereocenters. The maximum Gasteiger partial charge on any atom is 0.282 e. The van der Waals surface area contributed by atoms with Gasteiger partial charge in [0.05, 0.1) is 17.1 Å². The fourth-order valence-electron chi connectivity index (χ4n) is 4.42. The summed E-state index contributed by atoms with van der Waals surface area (Å²) in [4.78, 5) is 15.8. The number of phenolic OH excluding ortho intramolecular Hbond substituents is 1. The number of carbonyl (C=O) groups excluding carboxylic acids is 1. The molecule has 1 aliphatic carbocycles. The third-order valence-electron chi connectivity index (χ3n) is 6.47. The number of nitrogens with zero attached hydrogens (tertiary/aromatic N) is 3. The molecule has 0 atom stereocenters. The number of aromatic nitrogens is 2. The quantitative estimate of drug-likeness (QED) is 0.440. The Balaban J connectivity index is 1.56. The van der Waals surface area contributed by atoms with E-state index >= 15 is 0 Å². The maximum atomic E-state index is 14.2. The van der Waals surface area contributed by atoms with Gasteiger partial charge in [0.15, 0.2) is 17.4 Å². The van der Waals surface area contributed by atoms with Crippen LogP contribution >= 0.6 is 0 Å². The molecular formula is C26H30F2N4O3. The van der Waals surface area contributed by atoms with Crippen molar-refractivity contribution in [1.82, 2.24) is 20.0 Å². The van der Waals surface area contributed by atoms with Gasteiger partial charge >= 0.3 is 0 Å². The lowest BCUT2D eigenvalue weighted by Gasteiger charge is -2.42. The summed E-state index contributed by atoms with van der Waals surface area (Å²) in [7, 11) is 3.79. The van der Waals surface area contributed by atoms with Crippen molar-refractivity contribution in [3.8, 4) is 22.6 Å². The first-order chi connectivity index (χ1) is 16.7. The number of H-pyrrole nitrogens is 1. The second kappa shape index (κ2) is 10.0. The molecule has 35 heavy (non-hydrogen) atoms. The molecule has 1 heterocycles. The average Bonchev–Trinajstić information content (AvgIpc) is 3.27. The lowest BCUT2D eigenvalue weighted by molar-refractivity contribution is -0.135. The number of halogens is 2. The lowest BCUT2D eigenvalue weighted by atomic mass is 9.87. The molecule has 3 aromatic rings. The van der Waals surface area contributed by atoms with Crippen LogP contribution < -0.4 is 4.74 Å². The van der Waals surface area contributed by atoms with Crippen LogP contribution in [0.15, 0.2) is 42.9 Å². The van der Waals surface area contributed by atoms with E-state index in [4.69, 9.17) is 4.74 Å². The summed E-state index contributed by atoms with van der Waals surface area (Å²) < 4.78 is 34.1. The zero-order valence-electron chi connectivity index (χ0n) is 20.1. The minimum Gasteiger partial charge on any atom is -0.505 e. The average molecular weight is 485 g/mol. The van der Waals surface area contributed by atoms with E-state index < -0.39 is 17.6 Å². The number of benzene rings is 2. The molecule has 2 N–H and O–H groups in total. The zero-order chi connectivity index (χ0) is 25.3. The van der Waals surface area contributed by atoms with Crippen LogP contribution in [0.1, 0.15) is 25.3 Å². The van der Waals surface area contributed by atoms with Crippen molar-refractivity contribution >= 4 is 16.8 Å². The van der Waals surface area contributed by atoms with Gasteiger partial charge in [-0.05, 0) is 61.5 Å². The van der Waals surface area contributed by atoms with Gasteiger partial charge in [-0.25, -0.2) is 8.78 Å². The number of fused-ring (bicyclic) bond motifs is 1. The smallest absolute Gasteiger partial charge is 0.282 e. The Kier molecular flexibility index (Phi) is 7.07. The van der Waals surface area contributed by atoms with E-state index in [2.05, 4.69) is 16.8 Å². The third kappa shape index (κ3) is 5.14. The van der Waals surface area contributed by atoms with Crippen molar-refractivity contribution in [2.45, 2.75) is 38.3 Å². The highest BCUT2D eigenvalue weighted by Crippen LogP contribution is 2.38. The van der Waals surface area contributed by atoms with Crippen molar-refractivity contribution in [3.05, 3.63) is 54.2 Å². The van der Waals surface area contributed by atoms with Gasteiger partial charge in [-0.2, -0.15) is 5.10 Å². The van der Waals surface area contributed by atoms with E-state index in [9.17, 15) is 18.7 Å². The molecule has 186 valence electrons. The molecule has 1 aliphatic rings. The highest BCUT2D eigenvalue weighted by Gasteiger charge is 2.38. The minimum atomic E-state index is -0.964. The van der Waals surface area contributed by atoms with Crippen LogP contribution in [0.2, 0.25) is 0 Å². The van der Waals surface area contributed by atoms with Crippen LogP contribution in [0.4, 0.5) is 8.78 Å². The maximum absolute atomic E-state index is 14.2. The number of aryl methyl sites for hydroxylation is 1. The van der Waals surface area contributed by atoms with E-state index in [0.29, 0.717) is 43.7 Å². The molecule has 0 spiro atoms. The number of hydrogen-bond donors (Lipinski definition) is 2. The van der Waals surface area contributed by atoms with Crippen LogP contribution in [0.25, 0.3) is 22.0 Å². The van der Waals surface area contributed by atoms with Crippen LogP contribution in [0.3, 0.4) is 0 Å². The van der Waals surface area contributed by atoms with Gasteiger partial charge in [-0.1, -0.05) is 13.5 Å². The Morgan fingerprint density at radius 2 is 2.00 bits per heavy atom. The number of ether oxygens (including phenoxy) is 1. The Morgan fingerprint density at radius 1 is 1.26 bits per heavy atom. The van der Waals surface area contributed by atoms with Crippen molar-refractivity contribution in [2.24, 2.45) is 0 Å². The molecular weight excluding hydrogens is 454 g/mol. The Morgan fingerprint density at radius 3 is 2.66 bits per heavy atom. The van der Waals surface area contributed by atoms with Crippen LogP contribution in [-0.4, -0.2) is 70.3 Å². The summed E-state index contributed by atoms with van der Waals surface area (Å²) in [5.41, 5.74) is 2.94. The van der Waals surface area contributed by atoms with Gasteiger partial charge in [0.1, 0.15) is 11.9 Å². The monoisotopic (exact) mass is 484 g/mol. The second-order valence-electron chi connectivity index (χ2n) is 9.19. The molecule has 1 aromatic heterocycles. The standard InChI is InChI=1S/C26H30F2N4O3/c1-5-16-9-24(33)22(28)13-20(16)17-8-23-21(14-29-30-23)25(10-17)35-19-11-18(12-19)32(7-6-31(3)4)26(34)15(2)27/h8-10,13-14,18-19,33H,2,5-7,11-12H2,1,3-4H3,(H,29,30)/t18-,19-. The minimum absolute atomic E-state index is 0.138. The molecule has 0 bridgehead atoms. The van der Waals surface area contributed by atoms with E-state index in [0.717, 1.165) is 22.0 Å². The first-order valence-corrected chi connectivity index (χ1v) is 11.6. The normalized spacial score (nSPS) is 17.4. The Labute approximate surface area is 203 Å². The molecule has 0 saturated heterocycles. The lowest BCUT2D eigenvalue weighted by Crippen LogP contribution is -2.53. The SMILES string of the molecule is C=C(F)C(=O)N(CCN(C)C)[C@H]1C[C@H](Oc2cc(-c3cc(F)c(O)cc3CC)cc3[nH]ncc23)C1. The summed E-state index contributed by atoms with van der Waals surface area (Å²) in [6.07, 6.45) is 3.23. The second-order valence-corrected chi connectivity index (χ2v) is 9.19. The molecule has 0 radical (unpaired) electrons. The Bertz CT molecular complexity index is 1250. The van der Waals surface area contributed by atoms with Crippen molar-refractivity contribution in [3.63, 3.8) is 0 Å². The highest BCUT2D eigenvalue weighted by atomic mass is 19.1. The molecule has 7 nitrogen and oxygen atoms in total. The highest BCUT2D eigenvalue weighted by molar-refractivity contribution is 5.91. The summed E-state index contributed by atoms with van der Waals surface area (Å²) in [5.74, 6) is -2.13. The number of carbonyl (C=O) groups is 1. The van der Waals surface area contributed by atoms with Crippen molar-refractivity contribution in [2.75, 3.05) is 27.2 Å². The number of phenols is 1. The van der Waals surface area contributed by atoms with E-state index in [-0.39, 0.29) is 17.9 Å². The zero-order valence-corrected chi connectivity index (χ0v) is 20.1. The molecule has 2 aromatic carbocycles. The molecule has 9 heteroatoms. The van der Waals surface area contributed by atoms with Crippen molar-refractivity contribution < 1.29 is 23.4 Å². The van der Waals surface area contributed by atoms with E-state index in [1.54, 1.807) is 6.20 Å². The van der Waals surface area contributed by atoms with Gasteiger partial charge in [-0.15, -0.1) is 0 Å². The van der Waals surface area contributed by atoms with Gasteiger partial charge in [0, 0.05) is 32.0 Å². The predicted octanol–water partition coefficient (Wildman–Crippen LogP) is 4.42. The van der Waals surface area contributed by atoms with Gasteiger partial charge in [0.25, 0.3) is 5.91 Å². The van der Waals surface area contributed by atoms with Gasteiger partial charge < -0.3 is 19.6 Å². The first kappa shape index (κ1) is 24.7. The van der Waals surface area contributed by atoms with Crippen LogP contribution in [0, 0.1) is 5.82 Å². The summed E-state index contributed by atoms with van der Waals surface area (Å²) in [6, 6.07) is 6.34. The Hall–Kier alpha value is -3.46. The summed E-state index contributed by atoms with van der Waals surface area (Å²) in [5, 5.41) is 17.6. The number of rotatable bonds is 9. The first-order valence-electron chi connectivity index (χ1n) is 11.6. The van der Waals surface area contributed by atoms with E-state index in [1.165, 1.54) is 17.0 Å². The van der Waals surface area contributed by atoms with E-state index in [1.807, 2.05) is 38.1 Å². The fourth-order valence-corrected chi connectivity index (χ4v) is 4.42. The molecule has 1 fully saturated rings. The molecule has 1 saturated carbocycles. The fraction of sp³-hybridized carbons (Fsp3) is 0.385. The van der Waals surface area contributed by atoms with Crippen LogP contribution in [0.5, 0.6) is 11.5 Å². The van der Waals surface area contributed by atoms with Gasteiger partial charge in [0.2, 0.25) is 0 Å². The van der Waals surface area contributed by atoms with Crippen molar-refractivity contribution in [1.29, 1.82) is 0 Å². The number of likely N-dealkylation sites (N-methyl/N-ethyl adjacent to an activating group) is 1. The van der Waals surface area contributed by atoms with Gasteiger partial charge in [-0.3, -0.25) is 9.89 Å². The number of amides is 1. The number of aromatic hydroxyl groups is 1. The molecule has 0 aliphatic heterocycles. The summed E-state index contributed by atoms with van der Waals surface area (Å²) in [6.45, 7) is 6.12.